The Morgan fingerprint density at radius 1 is 0.824 bits per heavy atom. The Kier molecular flexibility index (Phi) is 8.22. The third kappa shape index (κ3) is 5.27. The SMILES string of the molecule is Cl.N#CC(c1ccccc1)C1CCN(CCC=C2c3ccccc3CCc3ccccc32)CC1. The van der Waals surface area contributed by atoms with Crippen molar-refractivity contribution in [3.63, 3.8) is 0 Å². The summed E-state index contributed by atoms with van der Waals surface area (Å²) in [6.07, 6.45) is 7.96. The summed E-state index contributed by atoms with van der Waals surface area (Å²) < 4.78 is 0. The van der Waals surface area contributed by atoms with E-state index in [1.807, 2.05) is 18.2 Å². The Morgan fingerprint density at radius 2 is 1.38 bits per heavy atom. The number of benzene rings is 3. The highest BCUT2D eigenvalue weighted by Gasteiger charge is 2.27. The van der Waals surface area contributed by atoms with Gasteiger partial charge in [-0.05, 0) is 84.5 Å². The van der Waals surface area contributed by atoms with Gasteiger partial charge in [0.1, 0.15) is 0 Å². The van der Waals surface area contributed by atoms with E-state index in [4.69, 9.17) is 0 Å². The van der Waals surface area contributed by atoms with Crippen LogP contribution < -0.4 is 0 Å². The number of fused-ring (bicyclic) bond motifs is 2. The Morgan fingerprint density at radius 3 is 1.97 bits per heavy atom. The first-order chi connectivity index (χ1) is 16.3. The highest BCUT2D eigenvalue weighted by molar-refractivity contribution is 5.85. The molecule has 0 bridgehead atoms. The molecular weight excluding hydrogens is 436 g/mol. The molecular formula is C31H33ClN2. The van der Waals surface area contributed by atoms with E-state index in [0.29, 0.717) is 5.92 Å². The van der Waals surface area contributed by atoms with Gasteiger partial charge in [0.2, 0.25) is 0 Å². The molecule has 3 aromatic carbocycles. The van der Waals surface area contributed by atoms with Gasteiger partial charge in [-0.2, -0.15) is 5.26 Å². The molecule has 174 valence electrons. The van der Waals surface area contributed by atoms with Crippen LogP contribution in [0.15, 0.2) is 84.9 Å². The van der Waals surface area contributed by atoms with Gasteiger partial charge in [-0.1, -0.05) is 84.9 Å². The maximum absolute atomic E-state index is 9.80. The van der Waals surface area contributed by atoms with Crippen LogP contribution in [0.4, 0.5) is 0 Å². The van der Waals surface area contributed by atoms with Gasteiger partial charge in [0.05, 0.1) is 12.0 Å². The van der Waals surface area contributed by atoms with Gasteiger partial charge in [-0.3, -0.25) is 0 Å². The Balaban J connectivity index is 0.00000274. The highest BCUT2D eigenvalue weighted by Crippen LogP contribution is 2.35. The van der Waals surface area contributed by atoms with Crippen LogP contribution in [0.1, 0.15) is 53.0 Å². The van der Waals surface area contributed by atoms with Crippen LogP contribution in [0.25, 0.3) is 5.57 Å². The lowest BCUT2D eigenvalue weighted by Crippen LogP contribution is -2.36. The fourth-order valence-electron chi connectivity index (χ4n) is 5.65. The molecule has 1 heterocycles. The van der Waals surface area contributed by atoms with Crippen molar-refractivity contribution in [3.8, 4) is 6.07 Å². The van der Waals surface area contributed by atoms with E-state index in [9.17, 15) is 5.26 Å². The number of nitrogens with zero attached hydrogens (tertiary/aromatic N) is 2. The third-order valence-corrected chi connectivity index (χ3v) is 7.47. The van der Waals surface area contributed by atoms with E-state index < -0.39 is 0 Å². The maximum Gasteiger partial charge on any atom is 0.0741 e. The zero-order chi connectivity index (χ0) is 22.5. The summed E-state index contributed by atoms with van der Waals surface area (Å²) in [7, 11) is 0. The average molecular weight is 469 g/mol. The van der Waals surface area contributed by atoms with Crippen LogP contribution in [-0.4, -0.2) is 24.5 Å². The van der Waals surface area contributed by atoms with Crippen molar-refractivity contribution >= 4 is 18.0 Å². The van der Waals surface area contributed by atoms with Crippen molar-refractivity contribution < 1.29 is 0 Å². The van der Waals surface area contributed by atoms with Crippen molar-refractivity contribution in [2.75, 3.05) is 19.6 Å². The maximum atomic E-state index is 9.80. The smallest absolute Gasteiger partial charge is 0.0741 e. The van der Waals surface area contributed by atoms with Crippen LogP contribution in [0.3, 0.4) is 0 Å². The van der Waals surface area contributed by atoms with E-state index in [2.05, 4.69) is 77.7 Å². The molecule has 3 aromatic rings. The van der Waals surface area contributed by atoms with Crippen molar-refractivity contribution in [3.05, 3.63) is 113 Å². The second-order valence-corrected chi connectivity index (χ2v) is 9.42. The first-order valence-electron chi connectivity index (χ1n) is 12.4. The van der Waals surface area contributed by atoms with Crippen molar-refractivity contribution in [2.45, 2.75) is 38.0 Å². The zero-order valence-electron chi connectivity index (χ0n) is 19.7. The summed E-state index contributed by atoms with van der Waals surface area (Å²) in [6.45, 7) is 3.27. The highest BCUT2D eigenvalue weighted by atomic mass is 35.5. The minimum absolute atomic E-state index is 0. The summed E-state index contributed by atoms with van der Waals surface area (Å²) >= 11 is 0. The van der Waals surface area contributed by atoms with Gasteiger partial charge in [0.25, 0.3) is 0 Å². The van der Waals surface area contributed by atoms with E-state index in [1.54, 1.807) is 0 Å². The largest absolute Gasteiger partial charge is 0.303 e. The normalized spacial score (nSPS) is 16.9. The molecule has 1 atom stereocenters. The van der Waals surface area contributed by atoms with Crippen LogP contribution in [0, 0.1) is 17.2 Å². The van der Waals surface area contributed by atoms with Gasteiger partial charge >= 0.3 is 0 Å². The summed E-state index contributed by atoms with van der Waals surface area (Å²) in [6, 6.07) is 30.8. The number of hydrogen-bond donors (Lipinski definition) is 0. The van der Waals surface area contributed by atoms with Crippen LogP contribution in [-0.2, 0) is 12.8 Å². The first kappa shape index (κ1) is 24.3. The number of halogens is 1. The molecule has 1 aliphatic carbocycles. The number of hydrogen-bond acceptors (Lipinski definition) is 2. The van der Waals surface area contributed by atoms with Gasteiger partial charge in [-0.25, -0.2) is 0 Å². The minimum atomic E-state index is 0. The Bertz CT molecular complexity index is 1100. The average Bonchev–Trinajstić information content (AvgIpc) is 3.03. The number of likely N-dealkylation sites (tertiary alicyclic amines) is 1. The molecule has 0 amide bonds. The molecule has 1 fully saturated rings. The fraction of sp³-hybridized carbons (Fsp3) is 0.323. The van der Waals surface area contributed by atoms with Gasteiger partial charge in [0, 0.05) is 6.54 Å². The van der Waals surface area contributed by atoms with E-state index >= 15 is 0 Å². The molecule has 34 heavy (non-hydrogen) atoms. The third-order valence-electron chi connectivity index (χ3n) is 7.47. The summed E-state index contributed by atoms with van der Waals surface area (Å²) in [4.78, 5) is 2.58. The molecule has 0 saturated carbocycles. The number of nitriles is 1. The summed E-state index contributed by atoms with van der Waals surface area (Å²) in [5.74, 6) is 0.488. The monoisotopic (exact) mass is 468 g/mol. The molecule has 0 aromatic heterocycles. The molecule has 2 aliphatic rings. The van der Waals surface area contributed by atoms with Gasteiger partial charge in [-0.15, -0.1) is 12.4 Å². The number of rotatable bonds is 5. The number of aryl methyl sites for hydroxylation is 2. The van der Waals surface area contributed by atoms with Crippen molar-refractivity contribution in [1.82, 2.24) is 4.90 Å². The zero-order valence-corrected chi connectivity index (χ0v) is 20.5. The predicted octanol–water partition coefficient (Wildman–Crippen LogP) is 7.05. The second kappa shape index (κ2) is 11.5. The van der Waals surface area contributed by atoms with Crippen molar-refractivity contribution in [1.29, 1.82) is 5.26 Å². The summed E-state index contributed by atoms with van der Waals surface area (Å²) in [5.41, 5.74) is 8.31. The molecule has 1 aliphatic heterocycles. The van der Waals surface area contributed by atoms with Crippen LogP contribution >= 0.6 is 12.4 Å². The topological polar surface area (TPSA) is 27.0 Å². The lowest BCUT2D eigenvalue weighted by molar-refractivity contribution is 0.180. The Labute approximate surface area is 210 Å². The number of piperidine rings is 1. The quantitative estimate of drug-likeness (QED) is 0.401. The minimum Gasteiger partial charge on any atom is -0.303 e. The first-order valence-corrected chi connectivity index (χ1v) is 12.4. The molecule has 2 nitrogen and oxygen atoms in total. The second-order valence-electron chi connectivity index (χ2n) is 9.42. The predicted molar refractivity (Wildman–Crippen MR) is 143 cm³/mol. The Hall–Kier alpha value is -2.86. The van der Waals surface area contributed by atoms with E-state index in [-0.39, 0.29) is 18.3 Å². The van der Waals surface area contributed by atoms with E-state index in [0.717, 1.165) is 51.7 Å². The van der Waals surface area contributed by atoms with Crippen LogP contribution in [0.2, 0.25) is 0 Å². The van der Waals surface area contributed by atoms with E-state index in [1.165, 1.54) is 33.4 Å². The molecule has 1 saturated heterocycles. The lowest BCUT2D eigenvalue weighted by atomic mass is 9.81. The van der Waals surface area contributed by atoms with Crippen molar-refractivity contribution in [2.24, 2.45) is 5.92 Å². The van der Waals surface area contributed by atoms with Crippen LogP contribution in [0.5, 0.6) is 0 Å². The summed E-state index contributed by atoms with van der Waals surface area (Å²) in [5, 5.41) is 9.80. The lowest BCUT2D eigenvalue weighted by Gasteiger charge is -2.34. The molecule has 0 N–H and O–H groups in total. The fourth-order valence-corrected chi connectivity index (χ4v) is 5.65. The molecule has 0 radical (unpaired) electrons. The standard InChI is InChI=1S/C31H32N2.ClH/c32-23-31(24-9-2-1-3-10-24)27-18-21-33(22-19-27)20-8-15-30-28-13-6-4-11-25(28)16-17-26-12-5-7-14-29(26)30;/h1-7,9-15,27,31H,8,16-22H2;1H. The molecule has 1 unspecified atom stereocenters. The molecule has 0 spiro atoms. The van der Waals surface area contributed by atoms with Gasteiger partial charge < -0.3 is 4.90 Å². The molecule has 5 rings (SSSR count). The van der Waals surface area contributed by atoms with Gasteiger partial charge in [0.15, 0.2) is 0 Å². The molecule has 3 heteroatoms.